The summed E-state index contributed by atoms with van der Waals surface area (Å²) >= 11 is 6.02. The van der Waals surface area contributed by atoms with Crippen molar-refractivity contribution >= 4 is 71.7 Å². The van der Waals surface area contributed by atoms with Crippen LogP contribution in [0.5, 0.6) is 0 Å². The first-order valence-corrected chi connectivity index (χ1v) is 22.1. The molecule has 2 aromatic carbocycles. The number of nitrogens with two attached hydrogens (primary N) is 1. The summed E-state index contributed by atoms with van der Waals surface area (Å²) in [7, 11) is -3.45. The minimum Gasteiger partial charge on any atom is -0.384 e. The van der Waals surface area contributed by atoms with E-state index in [-0.39, 0.29) is 26.8 Å². The van der Waals surface area contributed by atoms with Crippen molar-refractivity contribution in [3.05, 3.63) is 149 Å². The van der Waals surface area contributed by atoms with E-state index in [4.69, 9.17) is 17.3 Å². The van der Waals surface area contributed by atoms with Gasteiger partial charge in [-0.1, -0.05) is 48.0 Å². The molecule has 8 rings (SSSR count). The van der Waals surface area contributed by atoms with Gasteiger partial charge in [0, 0.05) is 56.8 Å². The number of hydrogen-bond acceptors (Lipinski definition) is 13. The van der Waals surface area contributed by atoms with Crippen LogP contribution in [0.15, 0.2) is 119 Å². The van der Waals surface area contributed by atoms with Gasteiger partial charge in [0.15, 0.2) is 19.7 Å². The number of aromatic nitrogens is 4. The number of carbonyl (C=O) groups is 2. The van der Waals surface area contributed by atoms with E-state index in [9.17, 15) is 26.4 Å². The van der Waals surface area contributed by atoms with E-state index in [2.05, 4.69) is 30.6 Å². The molecule has 0 aliphatic carbocycles. The molecule has 2 aliphatic heterocycles. The van der Waals surface area contributed by atoms with Crippen molar-refractivity contribution in [1.82, 2.24) is 29.7 Å². The van der Waals surface area contributed by atoms with Crippen LogP contribution in [0.1, 0.15) is 43.5 Å². The molecule has 4 aromatic heterocycles. The molecule has 6 aromatic rings. The Bertz CT molecular complexity index is 2760. The fourth-order valence-corrected chi connectivity index (χ4v) is 8.23. The molecule has 18 heteroatoms. The van der Waals surface area contributed by atoms with Crippen LogP contribution in [-0.2, 0) is 39.2 Å². The molecule has 6 heterocycles. The quantitative estimate of drug-likeness (QED) is 0.152. The number of carbonyl (C=O) groups excluding carboxylic acids is 2. The average molecular weight is 854 g/mol. The fraction of sp³-hybridized carbons (Fsp3) is 0.171. The second-order valence-electron chi connectivity index (χ2n) is 13.7. The summed E-state index contributed by atoms with van der Waals surface area (Å²) in [5.41, 5.74) is 10.8. The number of halogens is 1. The van der Waals surface area contributed by atoms with E-state index in [1.54, 1.807) is 86.0 Å². The van der Waals surface area contributed by atoms with Gasteiger partial charge in [0.2, 0.25) is 0 Å². The van der Waals surface area contributed by atoms with Gasteiger partial charge < -0.3 is 26.2 Å². The molecule has 59 heavy (non-hydrogen) atoms. The third kappa shape index (κ3) is 10.2. The highest BCUT2D eigenvalue weighted by atomic mass is 35.5. The van der Waals surface area contributed by atoms with Gasteiger partial charge in [-0.05, 0) is 60.7 Å². The van der Waals surface area contributed by atoms with Crippen molar-refractivity contribution in [2.45, 2.75) is 29.3 Å². The van der Waals surface area contributed by atoms with Gasteiger partial charge in [-0.25, -0.2) is 26.8 Å². The van der Waals surface area contributed by atoms with Gasteiger partial charge in [-0.15, -0.1) is 0 Å². The van der Waals surface area contributed by atoms with Crippen LogP contribution < -0.4 is 16.4 Å². The van der Waals surface area contributed by atoms with E-state index in [1.165, 1.54) is 17.0 Å². The van der Waals surface area contributed by atoms with Gasteiger partial charge in [-0.2, -0.15) is 0 Å². The number of nitrogen functional groups attached to an aromatic ring is 1. The molecular formula is C41H40ClN9O6S2. The van der Waals surface area contributed by atoms with Crippen LogP contribution in [0, 0.1) is 0 Å². The Balaban J connectivity index is 0.000000173. The summed E-state index contributed by atoms with van der Waals surface area (Å²) in [6.45, 7) is 0.782. The second kappa shape index (κ2) is 17.6. The molecule has 15 nitrogen and oxygen atoms in total. The summed E-state index contributed by atoms with van der Waals surface area (Å²) in [6.07, 6.45) is 6.19. The Labute approximate surface area is 347 Å². The summed E-state index contributed by atoms with van der Waals surface area (Å²) < 4.78 is 48.1. The molecule has 0 saturated carbocycles. The van der Waals surface area contributed by atoms with Crippen LogP contribution in [-0.4, -0.2) is 85.0 Å². The monoisotopic (exact) mass is 853 g/mol. The number of hydrogen-bond donors (Lipinski definition) is 3. The molecule has 2 aliphatic rings. The first kappa shape index (κ1) is 42.2. The Kier molecular flexibility index (Phi) is 12.6. The predicted molar refractivity (Wildman–Crippen MR) is 226 cm³/mol. The standard InChI is InChI=1S/C21H20N4O3S.C15H14ClN3O3S.C5H6N2/c1-25-13-18-20(21(25)26)17(12-15(23-18)11-14-7-5-6-10-22-14)24-16-8-3-4-9-19(16)29(2,27)28;1-19-8-11-14(15(19)20)10(7-13(16)18-11)17-9-5-3-4-6-12(9)23(2,21)22;6-5-3-1-2-4-7-5/h3-10,12H,11,13H2,1-2H3,(H,23,24);3-7H,8H2,1-2H3,(H,17,18);1-4H,(H2,6,7). The molecule has 2 amide bonds. The van der Waals surface area contributed by atoms with Crippen molar-refractivity contribution in [2.75, 3.05) is 43.0 Å². The van der Waals surface area contributed by atoms with Gasteiger partial charge in [-0.3, -0.25) is 19.6 Å². The lowest BCUT2D eigenvalue weighted by molar-refractivity contribution is 0.0809. The Morgan fingerprint density at radius 2 is 1.10 bits per heavy atom. The molecule has 0 bridgehead atoms. The molecular weight excluding hydrogens is 814 g/mol. The number of sulfone groups is 2. The fourth-order valence-electron chi connectivity index (χ4n) is 6.33. The van der Waals surface area contributed by atoms with E-state index in [1.807, 2.05) is 30.3 Å². The van der Waals surface area contributed by atoms with Gasteiger partial charge >= 0.3 is 0 Å². The summed E-state index contributed by atoms with van der Waals surface area (Å²) in [6, 6.07) is 27.6. The summed E-state index contributed by atoms with van der Waals surface area (Å²) in [5, 5.41) is 6.43. The van der Waals surface area contributed by atoms with Crippen molar-refractivity contribution in [3.63, 3.8) is 0 Å². The van der Waals surface area contributed by atoms with Crippen LogP contribution in [0.3, 0.4) is 0 Å². The lowest BCUT2D eigenvalue weighted by Gasteiger charge is -2.14. The van der Waals surface area contributed by atoms with Crippen molar-refractivity contribution in [2.24, 2.45) is 0 Å². The van der Waals surface area contributed by atoms with E-state index in [0.29, 0.717) is 70.6 Å². The SMILES string of the molecule is CN1Cc2nc(Cc3ccccn3)cc(Nc3ccccc3S(C)(=O)=O)c2C1=O.CN1Cc2nc(Cl)cc(Nc3ccccc3S(C)(=O)=O)c2C1=O.Nc1ccccn1. The molecule has 0 atom stereocenters. The Morgan fingerprint density at radius 1 is 0.627 bits per heavy atom. The third-order valence-corrected chi connectivity index (χ3v) is 11.5. The normalized spacial score (nSPS) is 13.1. The minimum atomic E-state index is -3.43. The first-order valence-electron chi connectivity index (χ1n) is 17.9. The Hall–Kier alpha value is -6.43. The van der Waals surface area contributed by atoms with E-state index in [0.717, 1.165) is 23.9 Å². The zero-order chi connectivity index (χ0) is 42.5. The van der Waals surface area contributed by atoms with Crippen LogP contribution in [0.25, 0.3) is 0 Å². The number of pyridine rings is 4. The van der Waals surface area contributed by atoms with Crippen LogP contribution in [0.4, 0.5) is 28.6 Å². The number of anilines is 5. The highest BCUT2D eigenvalue weighted by Gasteiger charge is 2.31. The second-order valence-corrected chi connectivity index (χ2v) is 18.0. The molecule has 0 unspecified atom stereocenters. The topological polar surface area (TPSA) is 211 Å². The smallest absolute Gasteiger partial charge is 0.257 e. The lowest BCUT2D eigenvalue weighted by Crippen LogP contribution is -2.18. The highest BCUT2D eigenvalue weighted by Crippen LogP contribution is 2.35. The molecule has 0 spiro atoms. The van der Waals surface area contributed by atoms with Crippen molar-refractivity contribution < 1.29 is 26.4 Å². The zero-order valence-corrected chi connectivity index (χ0v) is 34.8. The van der Waals surface area contributed by atoms with Gasteiger partial charge in [0.05, 0.1) is 68.1 Å². The highest BCUT2D eigenvalue weighted by molar-refractivity contribution is 7.91. The first-order chi connectivity index (χ1) is 28.0. The number of rotatable bonds is 8. The van der Waals surface area contributed by atoms with E-state index < -0.39 is 19.7 Å². The maximum atomic E-state index is 12.7. The summed E-state index contributed by atoms with van der Waals surface area (Å²) in [5.74, 6) is 0.252. The molecule has 0 saturated heterocycles. The maximum Gasteiger partial charge on any atom is 0.257 e. The lowest BCUT2D eigenvalue weighted by atomic mass is 10.1. The van der Waals surface area contributed by atoms with Crippen LogP contribution in [0.2, 0.25) is 5.15 Å². The third-order valence-electron chi connectivity index (χ3n) is 8.99. The van der Waals surface area contributed by atoms with Crippen molar-refractivity contribution in [1.29, 1.82) is 0 Å². The number of benzene rings is 2. The number of amides is 2. The summed E-state index contributed by atoms with van der Waals surface area (Å²) in [4.78, 5) is 45.3. The molecule has 0 fully saturated rings. The largest absolute Gasteiger partial charge is 0.384 e. The number of nitrogens with zero attached hydrogens (tertiary/aromatic N) is 6. The average Bonchev–Trinajstić information content (AvgIpc) is 3.64. The van der Waals surface area contributed by atoms with Gasteiger partial charge in [0.25, 0.3) is 11.8 Å². The van der Waals surface area contributed by atoms with E-state index >= 15 is 0 Å². The molecule has 304 valence electrons. The zero-order valence-electron chi connectivity index (χ0n) is 32.4. The maximum absolute atomic E-state index is 12.7. The number of para-hydroxylation sites is 2. The van der Waals surface area contributed by atoms with Crippen LogP contribution >= 0.6 is 11.6 Å². The van der Waals surface area contributed by atoms with Crippen molar-refractivity contribution in [3.8, 4) is 0 Å². The molecule has 0 radical (unpaired) electrons. The molecule has 4 N–H and O–H groups in total. The Morgan fingerprint density at radius 3 is 1.56 bits per heavy atom. The minimum absolute atomic E-state index is 0.142. The number of nitrogens with one attached hydrogen (secondary N) is 2. The number of fused-ring (bicyclic) bond motifs is 2. The predicted octanol–water partition coefficient (Wildman–Crippen LogP) is 5.93. The van der Waals surface area contributed by atoms with Gasteiger partial charge in [0.1, 0.15) is 11.0 Å².